The van der Waals surface area contributed by atoms with Gasteiger partial charge in [-0.2, -0.15) is 0 Å². The Labute approximate surface area is 105 Å². The molecule has 0 spiro atoms. The molecule has 0 bridgehead atoms. The number of nitrogens with one attached hydrogen (secondary N) is 1. The van der Waals surface area contributed by atoms with E-state index in [2.05, 4.69) is 55.4 Å². The number of hydrogen-bond donors (Lipinski definition) is 1. The predicted molar refractivity (Wildman–Crippen MR) is 73.6 cm³/mol. The van der Waals surface area contributed by atoms with Crippen LogP contribution in [0.3, 0.4) is 0 Å². The van der Waals surface area contributed by atoms with Crippen LogP contribution < -0.4 is 5.32 Å². The first-order chi connectivity index (χ1) is 8.15. The average Bonchev–Trinajstić information content (AvgIpc) is 2.31. The Bertz CT molecular complexity index is 328. The summed E-state index contributed by atoms with van der Waals surface area (Å²) in [6.07, 6.45) is 0. The summed E-state index contributed by atoms with van der Waals surface area (Å²) in [5.74, 6) is 0. The molecule has 0 fully saturated rings. The zero-order chi connectivity index (χ0) is 12.7. The maximum absolute atomic E-state index is 5.15. The van der Waals surface area contributed by atoms with Crippen molar-refractivity contribution in [3.8, 4) is 0 Å². The summed E-state index contributed by atoms with van der Waals surface area (Å²) in [6.45, 7) is 7.05. The highest BCUT2D eigenvalue weighted by Crippen LogP contribution is 2.12. The molecular weight excluding hydrogens is 212 g/mol. The molecule has 96 valence electrons. The number of nitrogens with zero attached hydrogens (tertiary/aromatic N) is 1. The van der Waals surface area contributed by atoms with Gasteiger partial charge in [0.2, 0.25) is 0 Å². The van der Waals surface area contributed by atoms with Gasteiger partial charge in [-0.3, -0.25) is 4.90 Å². The zero-order valence-corrected chi connectivity index (χ0v) is 11.4. The molecule has 0 radical (unpaired) electrons. The van der Waals surface area contributed by atoms with Crippen molar-refractivity contribution < 1.29 is 4.74 Å². The van der Waals surface area contributed by atoms with Crippen LogP contribution in [0.4, 0.5) is 5.69 Å². The minimum absolute atomic E-state index is 0.457. The second kappa shape index (κ2) is 7.30. The SMILES string of the molecule is COCC(C)N(C)CCNc1ccccc1C. The van der Waals surface area contributed by atoms with Crippen LogP contribution in [0, 0.1) is 6.92 Å². The van der Waals surface area contributed by atoms with Crippen molar-refractivity contribution in [2.24, 2.45) is 0 Å². The first-order valence-corrected chi connectivity index (χ1v) is 6.14. The number of hydrogen-bond acceptors (Lipinski definition) is 3. The fourth-order valence-electron chi connectivity index (χ4n) is 1.73. The largest absolute Gasteiger partial charge is 0.384 e. The van der Waals surface area contributed by atoms with Gasteiger partial charge in [-0.1, -0.05) is 18.2 Å². The fourth-order valence-corrected chi connectivity index (χ4v) is 1.73. The molecular formula is C14H24N2O. The predicted octanol–water partition coefficient (Wildman–Crippen LogP) is 2.37. The topological polar surface area (TPSA) is 24.5 Å². The van der Waals surface area contributed by atoms with Crippen LogP contribution in [0.15, 0.2) is 24.3 Å². The van der Waals surface area contributed by atoms with E-state index in [1.807, 2.05) is 0 Å². The van der Waals surface area contributed by atoms with E-state index < -0.39 is 0 Å². The number of para-hydroxylation sites is 1. The van der Waals surface area contributed by atoms with Gasteiger partial charge in [0.05, 0.1) is 6.61 Å². The molecule has 0 aliphatic carbocycles. The summed E-state index contributed by atoms with van der Waals surface area (Å²) in [5.41, 5.74) is 2.51. The Kier molecular flexibility index (Phi) is 6.01. The van der Waals surface area contributed by atoms with Gasteiger partial charge in [-0.25, -0.2) is 0 Å². The van der Waals surface area contributed by atoms with Gasteiger partial charge in [0, 0.05) is 31.9 Å². The van der Waals surface area contributed by atoms with Crippen molar-refractivity contribution in [2.75, 3.05) is 39.2 Å². The number of ether oxygens (including phenoxy) is 1. The summed E-state index contributed by atoms with van der Waals surface area (Å²) in [4.78, 5) is 2.30. The Balaban J connectivity index is 2.30. The number of anilines is 1. The second-order valence-electron chi connectivity index (χ2n) is 4.53. The van der Waals surface area contributed by atoms with Gasteiger partial charge >= 0.3 is 0 Å². The summed E-state index contributed by atoms with van der Waals surface area (Å²) < 4.78 is 5.15. The summed E-state index contributed by atoms with van der Waals surface area (Å²) >= 11 is 0. The molecule has 1 aromatic carbocycles. The lowest BCUT2D eigenvalue weighted by molar-refractivity contribution is 0.118. The fraction of sp³-hybridized carbons (Fsp3) is 0.571. The van der Waals surface area contributed by atoms with Crippen LogP contribution in [0.25, 0.3) is 0 Å². The lowest BCUT2D eigenvalue weighted by Crippen LogP contribution is -2.36. The normalized spacial score (nSPS) is 12.8. The molecule has 0 saturated carbocycles. The quantitative estimate of drug-likeness (QED) is 0.786. The van der Waals surface area contributed by atoms with Gasteiger partial charge in [0.15, 0.2) is 0 Å². The Hall–Kier alpha value is -1.06. The molecule has 3 heteroatoms. The summed E-state index contributed by atoms with van der Waals surface area (Å²) in [6, 6.07) is 8.83. The van der Waals surface area contributed by atoms with Crippen LogP contribution in [-0.2, 0) is 4.74 Å². The van der Waals surface area contributed by atoms with Crippen molar-refractivity contribution >= 4 is 5.69 Å². The van der Waals surface area contributed by atoms with E-state index in [0.717, 1.165) is 19.7 Å². The molecule has 17 heavy (non-hydrogen) atoms. The van der Waals surface area contributed by atoms with Crippen LogP contribution in [-0.4, -0.2) is 44.8 Å². The van der Waals surface area contributed by atoms with E-state index in [1.165, 1.54) is 11.3 Å². The molecule has 1 unspecified atom stereocenters. The van der Waals surface area contributed by atoms with Gasteiger partial charge in [0.25, 0.3) is 0 Å². The molecule has 0 aliphatic heterocycles. The third kappa shape index (κ3) is 4.75. The standard InChI is InChI=1S/C14H24N2O/c1-12-7-5-6-8-14(12)15-9-10-16(3)13(2)11-17-4/h5-8,13,15H,9-11H2,1-4H3. The van der Waals surface area contributed by atoms with Crippen LogP contribution in [0.5, 0.6) is 0 Å². The minimum atomic E-state index is 0.457. The molecule has 0 amide bonds. The number of rotatable bonds is 7. The molecule has 1 aromatic rings. The zero-order valence-electron chi connectivity index (χ0n) is 11.4. The van der Waals surface area contributed by atoms with Crippen molar-refractivity contribution in [3.05, 3.63) is 29.8 Å². The third-order valence-corrected chi connectivity index (χ3v) is 3.09. The van der Waals surface area contributed by atoms with Crippen molar-refractivity contribution in [1.29, 1.82) is 0 Å². The molecule has 1 rings (SSSR count). The van der Waals surface area contributed by atoms with E-state index >= 15 is 0 Å². The highest BCUT2D eigenvalue weighted by Gasteiger charge is 2.07. The van der Waals surface area contributed by atoms with E-state index in [0.29, 0.717) is 6.04 Å². The van der Waals surface area contributed by atoms with Gasteiger partial charge in [0.1, 0.15) is 0 Å². The van der Waals surface area contributed by atoms with E-state index in [1.54, 1.807) is 7.11 Å². The maximum Gasteiger partial charge on any atom is 0.0615 e. The number of aryl methyl sites for hydroxylation is 1. The van der Waals surface area contributed by atoms with E-state index in [9.17, 15) is 0 Å². The molecule has 1 atom stereocenters. The van der Waals surface area contributed by atoms with Crippen molar-refractivity contribution in [3.63, 3.8) is 0 Å². The highest BCUT2D eigenvalue weighted by molar-refractivity contribution is 5.50. The van der Waals surface area contributed by atoms with Crippen molar-refractivity contribution in [2.45, 2.75) is 19.9 Å². The number of likely N-dealkylation sites (N-methyl/N-ethyl adjacent to an activating group) is 1. The highest BCUT2D eigenvalue weighted by atomic mass is 16.5. The Morgan fingerprint density at radius 3 is 2.71 bits per heavy atom. The lowest BCUT2D eigenvalue weighted by atomic mass is 10.2. The maximum atomic E-state index is 5.15. The molecule has 0 aromatic heterocycles. The Morgan fingerprint density at radius 2 is 2.06 bits per heavy atom. The van der Waals surface area contributed by atoms with Gasteiger partial charge in [-0.05, 0) is 32.5 Å². The summed E-state index contributed by atoms with van der Waals surface area (Å²) in [7, 11) is 3.87. The van der Waals surface area contributed by atoms with Gasteiger partial charge < -0.3 is 10.1 Å². The molecule has 0 saturated heterocycles. The minimum Gasteiger partial charge on any atom is -0.384 e. The third-order valence-electron chi connectivity index (χ3n) is 3.09. The van der Waals surface area contributed by atoms with Crippen LogP contribution in [0.1, 0.15) is 12.5 Å². The monoisotopic (exact) mass is 236 g/mol. The summed E-state index contributed by atoms with van der Waals surface area (Å²) in [5, 5.41) is 3.46. The van der Waals surface area contributed by atoms with E-state index in [4.69, 9.17) is 4.74 Å². The van der Waals surface area contributed by atoms with Gasteiger partial charge in [-0.15, -0.1) is 0 Å². The molecule has 0 aliphatic rings. The van der Waals surface area contributed by atoms with Crippen molar-refractivity contribution in [1.82, 2.24) is 4.90 Å². The second-order valence-corrected chi connectivity index (χ2v) is 4.53. The van der Waals surface area contributed by atoms with E-state index in [-0.39, 0.29) is 0 Å². The number of methoxy groups -OCH3 is 1. The average molecular weight is 236 g/mol. The Morgan fingerprint density at radius 1 is 1.35 bits per heavy atom. The lowest BCUT2D eigenvalue weighted by Gasteiger charge is -2.24. The number of benzene rings is 1. The van der Waals surface area contributed by atoms with Crippen LogP contribution >= 0.6 is 0 Å². The first-order valence-electron chi connectivity index (χ1n) is 6.14. The first kappa shape index (κ1) is 14.0. The van der Waals surface area contributed by atoms with Crippen LogP contribution in [0.2, 0.25) is 0 Å². The molecule has 1 N–H and O–H groups in total. The molecule has 3 nitrogen and oxygen atoms in total. The molecule has 0 heterocycles. The smallest absolute Gasteiger partial charge is 0.0615 e.